The lowest BCUT2D eigenvalue weighted by Gasteiger charge is -2.08. The van der Waals surface area contributed by atoms with E-state index < -0.39 is 17.1 Å². The third kappa shape index (κ3) is 2.28. The molecule has 7 nitrogen and oxygen atoms in total. The minimum absolute atomic E-state index is 0.0416. The van der Waals surface area contributed by atoms with Crippen LogP contribution in [0.2, 0.25) is 0 Å². The van der Waals surface area contributed by atoms with E-state index in [4.69, 9.17) is 5.84 Å². The number of halogens is 1. The summed E-state index contributed by atoms with van der Waals surface area (Å²) < 4.78 is 14.1. The molecule has 0 unspecified atom stereocenters. The third-order valence-corrected chi connectivity index (χ3v) is 2.34. The maximum Gasteiger partial charge on any atom is 0.328 e. The number of H-pyrrole nitrogens is 1. The third-order valence-electron chi connectivity index (χ3n) is 2.34. The molecule has 0 amide bonds. The molecule has 0 aromatic carbocycles. The zero-order valence-corrected chi connectivity index (χ0v) is 9.18. The van der Waals surface area contributed by atoms with Gasteiger partial charge in [0, 0.05) is 11.8 Å². The normalized spacial score (nSPS) is 10.3. The number of hydrogen-bond donors (Lipinski definition) is 3. The van der Waals surface area contributed by atoms with Crippen molar-refractivity contribution < 1.29 is 4.39 Å². The van der Waals surface area contributed by atoms with Gasteiger partial charge in [0.25, 0.3) is 5.56 Å². The Hall–Kier alpha value is -2.48. The second-order valence-corrected chi connectivity index (χ2v) is 3.52. The van der Waals surface area contributed by atoms with E-state index in [1.807, 2.05) is 4.98 Å². The van der Waals surface area contributed by atoms with Crippen molar-refractivity contribution >= 4 is 5.82 Å². The molecule has 18 heavy (non-hydrogen) atoms. The number of aromatic amines is 1. The highest BCUT2D eigenvalue weighted by atomic mass is 19.1. The molecule has 2 aromatic heterocycles. The van der Waals surface area contributed by atoms with E-state index in [0.717, 1.165) is 10.8 Å². The van der Waals surface area contributed by atoms with Crippen LogP contribution in [0.4, 0.5) is 10.2 Å². The van der Waals surface area contributed by atoms with E-state index in [1.165, 1.54) is 6.20 Å². The molecule has 2 aromatic rings. The monoisotopic (exact) mass is 251 g/mol. The van der Waals surface area contributed by atoms with Gasteiger partial charge in [-0.15, -0.1) is 0 Å². The number of aromatic nitrogens is 3. The summed E-state index contributed by atoms with van der Waals surface area (Å²) in [6.45, 7) is 0.0416. The highest BCUT2D eigenvalue weighted by Crippen LogP contribution is 2.10. The van der Waals surface area contributed by atoms with Gasteiger partial charge in [0.1, 0.15) is 5.82 Å². The molecule has 0 radical (unpaired) electrons. The Morgan fingerprint density at radius 3 is 3.00 bits per heavy atom. The van der Waals surface area contributed by atoms with Crippen LogP contribution >= 0.6 is 0 Å². The molecular formula is C10H10FN5O2. The summed E-state index contributed by atoms with van der Waals surface area (Å²) in [6.07, 6.45) is 2.36. The fourth-order valence-corrected chi connectivity index (χ4v) is 1.48. The van der Waals surface area contributed by atoms with Crippen LogP contribution in [0.15, 0.2) is 34.1 Å². The summed E-state index contributed by atoms with van der Waals surface area (Å²) in [6, 6.07) is 3.33. The van der Waals surface area contributed by atoms with Crippen molar-refractivity contribution in [3.05, 3.63) is 56.7 Å². The van der Waals surface area contributed by atoms with Gasteiger partial charge in [-0.25, -0.2) is 15.6 Å². The van der Waals surface area contributed by atoms with Crippen LogP contribution in [0.3, 0.4) is 0 Å². The van der Waals surface area contributed by atoms with E-state index in [9.17, 15) is 14.0 Å². The lowest BCUT2D eigenvalue weighted by atomic mass is 10.2. The van der Waals surface area contributed by atoms with Crippen molar-refractivity contribution in [1.29, 1.82) is 0 Å². The summed E-state index contributed by atoms with van der Waals surface area (Å²) in [5, 5.41) is 0. The van der Waals surface area contributed by atoms with Crippen molar-refractivity contribution in [2.24, 2.45) is 5.84 Å². The lowest BCUT2D eigenvalue weighted by molar-refractivity contribution is 0.566. The highest BCUT2D eigenvalue weighted by molar-refractivity contribution is 5.42. The molecule has 0 aliphatic heterocycles. The van der Waals surface area contributed by atoms with Crippen molar-refractivity contribution in [3.8, 4) is 0 Å². The van der Waals surface area contributed by atoms with Crippen molar-refractivity contribution in [1.82, 2.24) is 14.5 Å². The van der Waals surface area contributed by atoms with Crippen LogP contribution in [0.1, 0.15) is 5.56 Å². The maximum atomic E-state index is 13.1. The molecule has 0 bridgehead atoms. The van der Waals surface area contributed by atoms with Gasteiger partial charge >= 0.3 is 5.69 Å². The zero-order chi connectivity index (χ0) is 13.1. The van der Waals surface area contributed by atoms with Crippen molar-refractivity contribution in [3.63, 3.8) is 0 Å². The zero-order valence-electron chi connectivity index (χ0n) is 9.18. The molecule has 0 spiro atoms. The fraction of sp³-hybridized carbons (Fsp3) is 0.100. The minimum atomic E-state index is -1.04. The van der Waals surface area contributed by atoms with Gasteiger partial charge in [-0.05, 0) is 6.07 Å². The average Bonchev–Trinajstić information content (AvgIpc) is 2.36. The standard InChI is InChI=1S/C10H10FN5O2/c11-7-5-16(10(18)14-9(7)17)4-6-2-1-3-13-8(6)15-12/h1-3,5H,4,12H2,(H,13,15)(H,14,17,18). The SMILES string of the molecule is NNc1ncccc1Cn1cc(F)c(=O)[nH]c1=O. The topological polar surface area (TPSA) is 106 Å². The number of nitrogen functional groups attached to an aromatic ring is 1. The minimum Gasteiger partial charge on any atom is -0.308 e. The first-order chi connectivity index (χ1) is 8.61. The van der Waals surface area contributed by atoms with Gasteiger partial charge in [0.15, 0.2) is 0 Å². The maximum absolute atomic E-state index is 13.1. The second-order valence-electron chi connectivity index (χ2n) is 3.52. The summed E-state index contributed by atoms with van der Waals surface area (Å²) >= 11 is 0. The van der Waals surface area contributed by atoms with E-state index >= 15 is 0 Å². The van der Waals surface area contributed by atoms with Crippen LogP contribution in [0, 0.1) is 5.82 Å². The molecule has 2 rings (SSSR count). The van der Waals surface area contributed by atoms with Gasteiger partial charge in [-0.3, -0.25) is 14.3 Å². The van der Waals surface area contributed by atoms with Gasteiger partial charge in [-0.1, -0.05) is 6.07 Å². The van der Waals surface area contributed by atoms with Gasteiger partial charge in [-0.2, -0.15) is 4.39 Å². The van der Waals surface area contributed by atoms with Crippen molar-refractivity contribution in [2.75, 3.05) is 5.43 Å². The Labute approximate surface area is 100 Å². The molecule has 0 fully saturated rings. The first kappa shape index (κ1) is 12.0. The smallest absolute Gasteiger partial charge is 0.308 e. The van der Waals surface area contributed by atoms with Crippen LogP contribution in [-0.2, 0) is 6.54 Å². The van der Waals surface area contributed by atoms with E-state index in [-0.39, 0.29) is 6.54 Å². The largest absolute Gasteiger partial charge is 0.328 e. The molecule has 0 saturated heterocycles. The molecule has 2 heterocycles. The highest BCUT2D eigenvalue weighted by Gasteiger charge is 2.07. The summed E-state index contributed by atoms with van der Waals surface area (Å²) in [5.74, 6) is 4.61. The lowest BCUT2D eigenvalue weighted by Crippen LogP contribution is -2.31. The first-order valence-corrected chi connectivity index (χ1v) is 5.01. The number of hydrogen-bond acceptors (Lipinski definition) is 5. The number of rotatable bonds is 3. The van der Waals surface area contributed by atoms with Crippen molar-refractivity contribution in [2.45, 2.75) is 6.54 Å². The number of anilines is 1. The average molecular weight is 251 g/mol. The molecule has 0 saturated carbocycles. The van der Waals surface area contributed by atoms with Gasteiger partial charge < -0.3 is 5.43 Å². The molecule has 8 heteroatoms. The summed E-state index contributed by atoms with van der Waals surface area (Å²) in [5.41, 5.74) is 1.22. The number of nitrogens with zero attached hydrogens (tertiary/aromatic N) is 2. The van der Waals surface area contributed by atoms with E-state index in [0.29, 0.717) is 11.4 Å². The summed E-state index contributed by atoms with van der Waals surface area (Å²) in [4.78, 5) is 28.2. The van der Waals surface area contributed by atoms with E-state index in [1.54, 1.807) is 12.1 Å². The second kappa shape index (κ2) is 4.80. The Morgan fingerprint density at radius 2 is 2.28 bits per heavy atom. The predicted molar refractivity (Wildman–Crippen MR) is 62.4 cm³/mol. The van der Waals surface area contributed by atoms with Crippen LogP contribution in [0.25, 0.3) is 0 Å². The quantitative estimate of drug-likeness (QED) is 0.499. The number of nitrogens with two attached hydrogens (primary N) is 1. The van der Waals surface area contributed by atoms with Crippen LogP contribution in [-0.4, -0.2) is 14.5 Å². The molecule has 4 N–H and O–H groups in total. The Balaban J connectivity index is 2.43. The van der Waals surface area contributed by atoms with Crippen LogP contribution < -0.4 is 22.5 Å². The Morgan fingerprint density at radius 1 is 1.50 bits per heavy atom. The molecule has 0 atom stereocenters. The first-order valence-electron chi connectivity index (χ1n) is 5.01. The van der Waals surface area contributed by atoms with E-state index in [2.05, 4.69) is 10.4 Å². The molecule has 0 aliphatic carbocycles. The van der Waals surface area contributed by atoms with Gasteiger partial charge in [0.2, 0.25) is 5.82 Å². The molecular weight excluding hydrogens is 241 g/mol. The molecule has 94 valence electrons. The van der Waals surface area contributed by atoms with Crippen LogP contribution in [0.5, 0.6) is 0 Å². The fourth-order valence-electron chi connectivity index (χ4n) is 1.48. The summed E-state index contributed by atoms with van der Waals surface area (Å²) in [7, 11) is 0. The number of nitrogens with one attached hydrogen (secondary N) is 2. The van der Waals surface area contributed by atoms with Gasteiger partial charge in [0.05, 0.1) is 12.7 Å². The number of hydrazine groups is 1. The predicted octanol–water partition coefficient (Wildman–Crippen LogP) is -0.595. The Kier molecular flexibility index (Phi) is 3.20. The molecule has 0 aliphatic rings. The number of pyridine rings is 1. The Bertz CT molecular complexity index is 678.